The number of hydrogen-bond acceptors (Lipinski definition) is 2. The molecule has 2 rings (SSSR count). The molecular formula is C16H25FN2. The third kappa shape index (κ3) is 4.02. The van der Waals surface area contributed by atoms with Crippen molar-refractivity contribution in [2.45, 2.75) is 32.2 Å². The number of nitrogens with one attached hydrogen (secondary N) is 1. The molecule has 1 aliphatic rings. The SMILES string of the molecule is CCC(c1cccc(F)c1)N(C)CC1CCCNC1. The molecule has 1 saturated heterocycles. The van der Waals surface area contributed by atoms with Gasteiger partial charge in [0, 0.05) is 12.6 Å². The zero-order chi connectivity index (χ0) is 13.7. The maximum Gasteiger partial charge on any atom is 0.123 e. The summed E-state index contributed by atoms with van der Waals surface area (Å²) in [5.74, 6) is 0.588. The van der Waals surface area contributed by atoms with Gasteiger partial charge >= 0.3 is 0 Å². The van der Waals surface area contributed by atoms with E-state index in [-0.39, 0.29) is 5.82 Å². The van der Waals surface area contributed by atoms with E-state index in [4.69, 9.17) is 0 Å². The molecular weight excluding hydrogens is 239 g/mol. The standard InChI is InChI=1S/C16H25FN2/c1-3-16(14-7-4-8-15(17)10-14)19(2)12-13-6-5-9-18-11-13/h4,7-8,10,13,16,18H,3,5-6,9,11-12H2,1-2H3. The lowest BCUT2D eigenvalue weighted by Gasteiger charge is -2.33. The highest BCUT2D eigenvalue weighted by atomic mass is 19.1. The molecule has 1 fully saturated rings. The third-order valence-corrected chi connectivity index (χ3v) is 4.10. The second kappa shape index (κ2) is 7.01. The molecule has 106 valence electrons. The summed E-state index contributed by atoms with van der Waals surface area (Å²) in [5, 5.41) is 3.46. The van der Waals surface area contributed by atoms with Crippen molar-refractivity contribution in [2.24, 2.45) is 5.92 Å². The Labute approximate surface area is 116 Å². The van der Waals surface area contributed by atoms with Crippen molar-refractivity contribution in [3.63, 3.8) is 0 Å². The molecule has 1 aromatic carbocycles. The van der Waals surface area contributed by atoms with Crippen LogP contribution in [0.25, 0.3) is 0 Å². The van der Waals surface area contributed by atoms with E-state index >= 15 is 0 Å². The molecule has 1 N–H and O–H groups in total. The van der Waals surface area contributed by atoms with Gasteiger partial charge in [-0.05, 0) is 63.0 Å². The molecule has 1 aliphatic heterocycles. The minimum Gasteiger partial charge on any atom is -0.316 e. The van der Waals surface area contributed by atoms with Crippen LogP contribution in [-0.2, 0) is 0 Å². The van der Waals surface area contributed by atoms with Crippen LogP contribution in [-0.4, -0.2) is 31.6 Å². The van der Waals surface area contributed by atoms with Crippen LogP contribution in [0.2, 0.25) is 0 Å². The van der Waals surface area contributed by atoms with Gasteiger partial charge in [0.05, 0.1) is 0 Å². The van der Waals surface area contributed by atoms with Crippen molar-refractivity contribution >= 4 is 0 Å². The number of hydrogen-bond donors (Lipinski definition) is 1. The summed E-state index contributed by atoms with van der Waals surface area (Å²) in [6.07, 6.45) is 3.59. The van der Waals surface area contributed by atoms with Gasteiger partial charge in [-0.15, -0.1) is 0 Å². The minimum atomic E-state index is -0.135. The largest absolute Gasteiger partial charge is 0.316 e. The fraction of sp³-hybridized carbons (Fsp3) is 0.625. The second-order valence-electron chi connectivity index (χ2n) is 5.63. The Bertz CT molecular complexity index is 388. The lowest BCUT2D eigenvalue weighted by atomic mass is 9.96. The Hall–Kier alpha value is -0.930. The van der Waals surface area contributed by atoms with Crippen LogP contribution in [0.3, 0.4) is 0 Å². The van der Waals surface area contributed by atoms with Gasteiger partial charge in [0.2, 0.25) is 0 Å². The van der Waals surface area contributed by atoms with Crippen molar-refractivity contribution in [3.05, 3.63) is 35.6 Å². The first kappa shape index (κ1) is 14.5. The Balaban J connectivity index is 1.99. The maximum atomic E-state index is 13.4. The number of rotatable bonds is 5. The molecule has 2 unspecified atom stereocenters. The normalized spacial score (nSPS) is 21.6. The molecule has 0 bridgehead atoms. The van der Waals surface area contributed by atoms with E-state index in [0.717, 1.165) is 37.5 Å². The van der Waals surface area contributed by atoms with Crippen LogP contribution in [0.5, 0.6) is 0 Å². The summed E-state index contributed by atoms with van der Waals surface area (Å²) in [6, 6.07) is 7.35. The fourth-order valence-corrected chi connectivity index (χ4v) is 3.13. The number of halogens is 1. The molecule has 3 heteroatoms. The highest BCUT2D eigenvalue weighted by molar-refractivity contribution is 5.20. The second-order valence-corrected chi connectivity index (χ2v) is 5.63. The number of nitrogens with zero attached hydrogens (tertiary/aromatic N) is 1. The van der Waals surface area contributed by atoms with E-state index in [2.05, 4.69) is 24.2 Å². The molecule has 0 aliphatic carbocycles. The molecule has 0 amide bonds. The zero-order valence-electron chi connectivity index (χ0n) is 12.0. The Morgan fingerprint density at radius 2 is 2.32 bits per heavy atom. The van der Waals surface area contributed by atoms with Gasteiger partial charge in [0.1, 0.15) is 5.82 Å². The van der Waals surface area contributed by atoms with Crippen molar-refractivity contribution in [1.29, 1.82) is 0 Å². The van der Waals surface area contributed by atoms with Gasteiger partial charge in [-0.25, -0.2) is 4.39 Å². The first-order chi connectivity index (χ1) is 9.20. The molecule has 0 spiro atoms. The number of piperidine rings is 1. The topological polar surface area (TPSA) is 15.3 Å². The van der Waals surface area contributed by atoms with Crippen LogP contribution in [0.4, 0.5) is 4.39 Å². The monoisotopic (exact) mass is 264 g/mol. The highest BCUT2D eigenvalue weighted by Gasteiger charge is 2.20. The number of benzene rings is 1. The quantitative estimate of drug-likeness (QED) is 0.878. The van der Waals surface area contributed by atoms with Gasteiger partial charge in [0.15, 0.2) is 0 Å². The lowest BCUT2D eigenvalue weighted by molar-refractivity contribution is 0.184. The Morgan fingerprint density at radius 3 is 2.95 bits per heavy atom. The minimum absolute atomic E-state index is 0.135. The molecule has 1 aromatic rings. The van der Waals surface area contributed by atoms with E-state index in [1.54, 1.807) is 6.07 Å². The smallest absolute Gasteiger partial charge is 0.123 e. The summed E-state index contributed by atoms with van der Waals surface area (Å²) >= 11 is 0. The van der Waals surface area contributed by atoms with Gasteiger partial charge in [-0.2, -0.15) is 0 Å². The predicted octanol–water partition coefficient (Wildman–Crippen LogP) is 3.21. The van der Waals surface area contributed by atoms with Crippen LogP contribution in [0.1, 0.15) is 37.8 Å². The van der Waals surface area contributed by atoms with Crippen LogP contribution in [0, 0.1) is 11.7 Å². The van der Waals surface area contributed by atoms with Crippen molar-refractivity contribution in [2.75, 3.05) is 26.7 Å². The molecule has 0 radical (unpaired) electrons. The van der Waals surface area contributed by atoms with E-state index in [1.165, 1.54) is 18.9 Å². The van der Waals surface area contributed by atoms with Crippen LogP contribution in [0.15, 0.2) is 24.3 Å². The van der Waals surface area contributed by atoms with Gasteiger partial charge in [-0.1, -0.05) is 19.1 Å². The van der Waals surface area contributed by atoms with Gasteiger partial charge in [-0.3, -0.25) is 4.90 Å². The highest BCUT2D eigenvalue weighted by Crippen LogP contribution is 2.25. The molecule has 2 nitrogen and oxygen atoms in total. The molecule has 0 aromatic heterocycles. The molecule has 19 heavy (non-hydrogen) atoms. The van der Waals surface area contributed by atoms with E-state index in [1.807, 2.05) is 12.1 Å². The van der Waals surface area contributed by atoms with Crippen LogP contribution < -0.4 is 5.32 Å². The molecule has 0 saturated carbocycles. The lowest BCUT2D eigenvalue weighted by Crippen LogP contribution is -2.38. The summed E-state index contributed by atoms with van der Waals surface area (Å²) in [7, 11) is 2.16. The van der Waals surface area contributed by atoms with E-state index in [9.17, 15) is 4.39 Å². The van der Waals surface area contributed by atoms with E-state index in [0.29, 0.717) is 6.04 Å². The van der Waals surface area contributed by atoms with Crippen molar-refractivity contribution in [3.8, 4) is 0 Å². The fourth-order valence-electron chi connectivity index (χ4n) is 3.13. The van der Waals surface area contributed by atoms with Gasteiger partial charge in [0.25, 0.3) is 0 Å². The van der Waals surface area contributed by atoms with Crippen molar-refractivity contribution in [1.82, 2.24) is 10.2 Å². The Morgan fingerprint density at radius 1 is 1.47 bits per heavy atom. The van der Waals surface area contributed by atoms with Crippen molar-refractivity contribution < 1.29 is 4.39 Å². The first-order valence-electron chi connectivity index (χ1n) is 7.37. The maximum absolute atomic E-state index is 13.4. The average Bonchev–Trinajstić information content (AvgIpc) is 2.41. The van der Waals surface area contributed by atoms with Crippen LogP contribution >= 0.6 is 0 Å². The first-order valence-corrected chi connectivity index (χ1v) is 7.37. The van der Waals surface area contributed by atoms with E-state index < -0.39 is 0 Å². The molecule has 2 atom stereocenters. The summed E-state index contributed by atoms with van der Waals surface area (Å²) in [6.45, 7) is 5.53. The average molecular weight is 264 g/mol. The third-order valence-electron chi connectivity index (χ3n) is 4.10. The van der Waals surface area contributed by atoms with Gasteiger partial charge < -0.3 is 5.32 Å². The summed E-state index contributed by atoms with van der Waals surface area (Å²) in [5.41, 5.74) is 1.09. The summed E-state index contributed by atoms with van der Waals surface area (Å²) in [4.78, 5) is 2.38. The Kier molecular flexibility index (Phi) is 5.34. The zero-order valence-corrected chi connectivity index (χ0v) is 12.0. The molecule has 1 heterocycles. The summed E-state index contributed by atoms with van der Waals surface area (Å²) < 4.78 is 13.4. The predicted molar refractivity (Wildman–Crippen MR) is 77.7 cm³/mol.